The monoisotopic (exact) mass is 420 g/mol. The molecule has 1 aliphatic carbocycles. The number of halogens is 1. The number of hydrogen-bond acceptors (Lipinski definition) is 2. The Bertz CT molecular complexity index is 379. The second-order valence-corrected chi connectivity index (χ2v) is 7.58. The van der Waals surface area contributed by atoms with Gasteiger partial charge in [-0.1, -0.05) is 19.3 Å². The molecular formula is C17H33IN4. The van der Waals surface area contributed by atoms with Crippen molar-refractivity contribution in [2.75, 3.05) is 46.8 Å². The van der Waals surface area contributed by atoms with Crippen LogP contribution in [0.3, 0.4) is 0 Å². The van der Waals surface area contributed by atoms with E-state index in [0.717, 1.165) is 18.4 Å². The number of nitrogens with one attached hydrogen (secondary N) is 1. The molecule has 3 aliphatic rings. The summed E-state index contributed by atoms with van der Waals surface area (Å²) in [5, 5.41) is 3.65. The second kappa shape index (κ2) is 8.18. The highest BCUT2D eigenvalue weighted by atomic mass is 127. The van der Waals surface area contributed by atoms with E-state index in [1.807, 2.05) is 7.05 Å². The van der Waals surface area contributed by atoms with Crippen molar-refractivity contribution in [3.63, 3.8) is 0 Å². The molecule has 1 saturated carbocycles. The van der Waals surface area contributed by atoms with Gasteiger partial charge in [-0.25, -0.2) is 0 Å². The smallest absolute Gasteiger partial charge is 0.193 e. The van der Waals surface area contributed by atoms with Crippen molar-refractivity contribution in [2.45, 2.75) is 44.9 Å². The quantitative estimate of drug-likeness (QED) is 0.424. The summed E-state index contributed by atoms with van der Waals surface area (Å²) < 4.78 is 0. The van der Waals surface area contributed by atoms with Crippen molar-refractivity contribution in [1.29, 1.82) is 0 Å². The lowest BCUT2D eigenvalue weighted by atomic mass is 9.73. The first-order valence-electron chi connectivity index (χ1n) is 8.85. The average Bonchev–Trinajstić information content (AvgIpc) is 3.08. The topological polar surface area (TPSA) is 30.9 Å². The molecule has 22 heavy (non-hydrogen) atoms. The zero-order chi connectivity index (χ0) is 14.7. The van der Waals surface area contributed by atoms with Gasteiger partial charge in [0, 0.05) is 33.2 Å². The summed E-state index contributed by atoms with van der Waals surface area (Å²) in [7, 11) is 4.16. The molecule has 0 bridgehead atoms. The van der Waals surface area contributed by atoms with Crippen molar-refractivity contribution in [1.82, 2.24) is 15.1 Å². The maximum atomic E-state index is 4.55. The van der Waals surface area contributed by atoms with Gasteiger partial charge in [0.25, 0.3) is 0 Å². The summed E-state index contributed by atoms with van der Waals surface area (Å²) in [5.41, 5.74) is 0.615. The van der Waals surface area contributed by atoms with Crippen molar-refractivity contribution in [3.05, 3.63) is 0 Å². The Labute approximate surface area is 153 Å². The Kier molecular flexibility index (Phi) is 6.80. The number of likely N-dealkylation sites (tertiary alicyclic amines) is 2. The lowest BCUT2D eigenvalue weighted by Crippen LogP contribution is -2.43. The third-order valence-electron chi connectivity index (χ3n) is 5.90. The highest BCUT2D eigenvalue weighted by molar-refractivity contribution is 14.0. The largest absolute Gasteiger partial charge is 0.356 e. The molecule has 1 spiro atoms. The molecule has 2 aliphatic heterocycles. The summed E-state index contributed by atoms with van der Waals surface area (Å²) in [4.78, 5) is 9.50. The Morgan fingerprint density at radius 1 is 1.18 bits per heavy atom. The molecule has 3 rings (SSSR count). The highest BCUT2D eigenvalue weighted by Gasteiger charge is 2.39. The van der Waals surface area contributed by atoms with E-state index in [1.165, 1.54) is 71.1 Å². The fourth-order valence-corrected chi connectivity index (χ4v) is 4.59. The number of nitrogens with zero attached hydrogens (tertiary/aromatic N) is 3. The molecule has 2 saturated heterocycles. The molecule has 1 unspecified atom stereocenters. The summed E-state index contributed by atoms with van der Waals surface area (Å²) in [6, 6.07) is 0. The van der Waals surface area contributed by atoms with Crippen LogP contribution in [0.4, 0.5) is 0 Å². The van der Waals surface area contributed by atoms with E-state index < -0.39 is 0 Å². The fraction of sp³-hybridized carbons (Fsp3) is 0.941. The molecule has 0 aromatic rings. The zero-order valence-electron chi connectivity index (χ0n) is 14.3. The van der Waals surface area contributed by atoms with Gasteiger partial charge in [0.2, 0.25) is 0 Å². The van der Waals surface area contributed by atoms with Gasteiger partial charge in [-0.2, -0.15) is 0 Å². The van der Waals surface area contributed by atoms with E-state index in [9.17, 15) is 0 Å². The standard InChI is InChI=1S/C17H32N4.HI/c1-18-16(19-12-15-6-10-20(2)13-15)21-11-9-17(14-21)7-4-3-5-8-17;/h15H,3-14H2,1-2H3,(H,18,19);1H. The van der Waals surface area contributed by atoms with Crippen LogP contribution in [0.15, 0.2) is 4.99 Å². The van der Waals surface area contributed by atoms with Crippen LogP contribution in [0.5, 0.6) is 0 Å². The van der Waals surface area contributed by atoms with Crippen molar-refractivity contribution >= 4 is 29.9 Å². The van der Waals surface area contributed by atoms with Gasteiger partial charge < -0.3 is 15.1 Å². The van der Waals surface area contributed by atoms with Gasteiger partial charge in [-0.3, -0.25) is 4.99 Å². The number of hydrogen-bond donors (Lipinski definition) is 1. The van der Waals surface area contributed by atoms with Gasteiger partial charge in [0.1, 0.15) is 0 Å². The molecule has 0 aromatic carbocycles. The molecule has 0 aromatic heterocycles. The predicted molar refractivity (Wildman–Crippen MR) is 104 cm³/mol. The van der Waals surface area contributed by atoms with Crippen LogP contribution in [0.2, 0.25) is 0 Å². The molecule has 128 valence electrons. The Morgan fingerprint density at radius 2 is 1.95 bits per heavy atom. The van der Waals surface area contributed by atoms with Crippen LogP contribution < -0.4 is 5.32 Å². The van der Waals surface area contributed by atoms with Gasteiger partial charge in [-0.05, 0) is 50.6 Å². The van der Waals surface area contributed by atoms with E-state index in [-0.39, 0.29) is 24.0 Å². The lowest BCUT2D eigenvalue weighted by molar-refractivity contribution is 0.203. The minimum Gasteiger partial charge on any atom is -0.356 e. The highest BCUT2D eigenvalue weighted by Crippen LogP contribution is 2.43. The first kappa shape index (κ1) is 18.3. The van der Waals surface area contributed by atoms with Crippen molar-refractivity contribution < 1.29 is 0 Å². The van der Waals surface area contributed by atoms with Gasteiger partial charge in [0.15, 0.2) is 5.96 Å². The molecule has 5 heteroatoms. The zero-order valence-corrected chi connectivity index (χ0v) is 16.6. The van der Waals surface area contributed by atoms with Gasteiger partial charge in [-0.15, -0.1) is 24.0 Å². The molecule has 2 heterocycles. The Morgan fingerprint density at radius 3 is 2.59 bits per heavy atom. The van der Waals surface area contributed by atoms with Crippen molar-refractivity contribution in [3.8, 4) is 0 Å². The van der Waals surface area contributed by atoms with Crippen LogP contribution in [0, 0.1) is 11.3 Å². The fourth-order valence-electron chi connectivity index (χ4n) is 4.59. The minimum atomic E-state index is 0. The van der Waals surface area contributed by atoms with E-state index in [2.05, 4.69) is 27.2 Å². The van der Waals surface area contributed by atoms with Crippen LogP contribution in [-0.4, -0.2) is 62.6 Å². The molecule has 4 nitrogen and oxygen atoms in total. The summed E-state index contributed by atoms with van der Waals surface area (Å²) >= 11 is 0. The maximum Gasteiger partial charge on any atom is 0.193 e. The number of aliphatic imine (C=N–C) groups is 1. The maximum absolute atomic E-state index is 4.55. The molecular weight excluding hydrogens is 387 g/mol. The Balaban J connectivity index is 0.00000176. The predicted octanol–water partition coefficient (Wildman–Crippen LogP) is 2.79. The van der Waals surface area contributed by atoms with Gasteiger partial charge >= 0.3 is 0 Å². The van der Waals surface area contributed by atoms with E-state index >= 15 is 0 Å². The molecule has 0 amide bonds. The molecule has 1 N–H and O–H groups in total. The van der Waals surface area contributed by atoms with Crippen molar-refractivity contribution in [2.24, 2.45) is 16.3 Å². The van der Waals surface area contributed by atoms with Crippen LogP contribution in [0.1, 0.15) is 44.9 Å². The first-order valence-corrected chi connectivity index (χ1v) is 8.85. The normalized spacial score (nSPS) is 28.9. The SMILES string of the molecule is CN=C(NCC1CCN(C)C1)N1CCC2(CCCCC2)C1.I. The van der Waals surface area contributed by atoms with Crippen LogP contribution in [0.25, 0.3) is 0 Å². The Hall–Kier alpha value is -0.0400. The van der Waals surface area contributed by atoms with Crippen LogP contribution >= 0.6 is 24.0 Å². The number of rotatable bonds is 2. The third kappa shape index (κ3) is 4.28. The number of guanidine groups is 1. The summed E-state index contributed by atoms with van der Waals surface area (Å²) in [5.74, 6) is 1.94. The van der Waals surface area contributed by atoms with E-state index in [4.69, 9.17) is 0 Å². The average molecular weight is 420 g/mol. The molecule has 1 atom stereocenters. The molecule has 3 fully saturated rings. The van der Waals surface area contributed by atoms with Gasteiger partial charge in [0.05, 0.1) is 0 Å². The third-order valence-corrected chi connectivity index (χ3v) is 5.90. The van der Waals surface area contributed by atoms with E-state index in [0.29, 0.717) is 5.41 Å². The summed E-state index contributed by atoms with van der Waals surface area (Å²) in [6.45, 7) is 5.99. The minimum absolute atomic E-state index is 0. The second-order valence-electron chi connectivity index (χ2n) is 7.58. The molecule has 0 radical (unpaired) electrons. The van der Waals surface area contributed by atoms with E-state index in [1.54, 1.807) is 0 Å². The lowest BCUT2D eigenvalue weighted by Gasteiger charge is -2.33. The first-order chi connectivity index (χ1) is 10.2. The summed E-state index contributed by atoms with van der Waals surface area (Å²) in [6.07, 6.45) is 9.90. The van der Waals surface area contributed by atoms with Crippen LogP contribution in [-0.2, 0) is 0 Å².